The lowest BCUT2D eigenvalue weighted by Crippen LogP contribution is -2.38. The SMILES string of the molecule is O=C(O)CCCC(=O)N1CCC(c2ncc[nH]2)CC1. The maximum Gasteiger partial charge on any atom is 0.303 e. The molecule has 2 rings (SSSR count). The molecule has 6 nitrogen and oxygen atoms in total. The first-order valence-electron chi connectivity index (χ1n) is 6.65. The van der Waals surface area contributed by atoms with Crippen molar-refractivity contribution in [3.05, 3.63) is 18.2 Å². The van der Waals surface area contributed by atoms with Gasteiger partial charge in [0.05, 0.1) is 0 Å². The van der Waals surface area contributed by atoms with E-state index in [0.29, 0.717) is 18.8 Å². The molecule has 104 valence electrons. The van der Waals surface area contributed by atoms with Gasteiger partial charge in [-0.1, -0.05) is 0 Å². The van der Waals surface area contributed by atoms with Gasteiger partial charge in [0.25, 0.3) is 0 Å². The summed E-state index contributed by atoms with van der Waals surface area (Å²) in [5.74, 6) is 0.625. The largest absolute Gasteiger partial charge is 0.481 e. The topological polar surface area (TPSA) is 86.3 Å². The molecule has 0 saturated carbocycles. The first-order chi connectivity index (χ1) is 9.16. The summed E-state index contributed by atoms with van der Waals surface area (Å²) in [6.45, 7) is 1.47. The normalized spacial score (nSPS) is 16.5. The number of hydrogen-bond donors (Lipinski definition) is 2. The number of likely N-dealkylation sites (tertiary alicyclic amines) is 1. The highest BCUT2D eigenvalue weighted by Crippen LogP contribution is 2.25. The van der Waals surface area contributed by atoms with Crippen LogP contribution in [-0.2, 0) is 9.59 Å². The van der Waals surface area contributed by atoms with E-state index in [4.69, 9.17) is 5.11 Å². The third-order valence-corrected chi connectivity index (χ3v) is 3.54. The van der Waals surface area contributed by atoms with E-state index in [1.165, 1.54) is 0 Å². The van der Waals surface area contributed by atoms with Gasteiger partial charge in [-0.2, -0.15) is 0 Å². The van der Waals surface area contributed by atoms with Crippen molar-refractivity contribution < 1.29 is 14.7 Å². The van der Waals surface area contributed by atoms with Gasteiger partial charge in [0.2, 0.25) is 5.91 Å². The fourth-order valence-electron chi connectivity index (χ4n) is 2.45. The van der Waals surface area contributed by atoms with Crippen LogP contribution >= 0.6 is 0 Å². The lowest BCUT2D eigenvalue weighted by atomic mass is 9.96. The summed E-state index contributed by atoms with van der Waals surface area (Å²) in [4.78, 5) is 31.5. The molecular weight excluding hydrogens is 246 g/mol. The Labute approximate surface area is 111 Å². The van der Waals surface area contributed by atoms with E-state index in [2.05, 4.69) is 9.97 Å². The molecule has 1 aromatic heterocycles. The van der Waals surface area contributed by atoms with E-state index in [1.807, 2.05) is 11.1 Å². The van der Waals surface area contributed by atoms with Crippen LogP contribution in [0.25, 0.3) is 0 Å². The first kappa shape index (κ1) is 13.6. The number of aromatic nitrogens is 2. The van der Waals surface area contributed by atoms with Gasteiger partial charge in [0.15, 0.2) is 0 Å². The molecule has 6 heteroatoms. The van der Waals surface area contributed by atoms with Gasteiger partial charge in [-0.15, -0.1) is 0 Å². The van der Waals surface area contributed by atoms with E-state index in [-0.39, 0.29) is 12.3 Å². The van der Waals surface area contributed by atoms with Crippen molar-refractivity contribution in [2.75, 3.05) is 13.1 Å². The van der Waals surface area contributed by atoms with Gasteiger partial charge in [-0.3, -0.25) is 9.59 Å². The number of carbonyl (C=O) groups excluding carboxylic acids is 1. The number of piperidine rings is 1. The molecular formula is C13H19N3O3. The third-order valence-electron chi connectivity index (χ3n) is 3.54. The molecule has 1 aromatic rings. The minimum absolute atomic E-state index is 0.0641. The molecule has 1 saturated heterocycles. The predicted octanol–water partition coefficient (Wildman–Crippen LogP) is 1.37. The average Bonchev–Trinajstić information content (AvgIpc) is 2.92. The van der Waals surface area contributed by atoms with Crippen LogP contribution in [0.4, 0.5) is 0 Å². The molecule has 0 aliphatic carbocycles. The van der Waals surface area contributed by atoms with Gasteiger partial charge in [0.1, 0.15) is 5.82 Å². The minimum atomic E-state index is -0.843. The van der Waals surface area contributed by atoms with Crippen LogP contribution in [0, 0.1) is 0 Å². The van der Waals surface area contributed by atoms with Crippen molar-refractivity contribution in [3.63, 3.8) is 0 Å². The van der Waals surface area contributed by atoms with E-state index < -0.39 is 5.97 Å². The number of amides is 1. The average molecular weight is 265 g/mol. The molecule has 2 N–H and O–H groups in total. The number of carboxylic acids is 1. The first-order valence-corrected chi connectivity index (χ1v) is 6.65. The Kier molecular flexibility index (Phi) is 4.54. The smallest absolute Gasteiger partial charge is 0.303 e. The van der Waals surface area contributed by atoms with Gasteiger partial charge >= 0.3 is 5.97 Å². The molecule has 2 heterocycles. The van der Waals surface area contributed by atoms with Crippen LogP contribution in [0.3, 0.4) is 0 Å². The Morgan fingerprint density at radius 3 is 2.68 bits per heavy atom. The highest BCUT2D eigenvalue weighted by Gasteiger charge is 2.24. The van der Waals surface area contributed by atoms with Crippen LogP contribution in [0.2, 0.25) is 0 Å². The molecule has 0 atom stereocenters. The van der Waals surface area contributed by atoms with E-state index >= 15 is 0 Å². The summed E-state index contributed by atoms with van der Waals surface area (Å²) in [5, 5.41) is 8.54. The fraction of sp³-hybridized carbons (Fsp3) is 0.615. The molecule has 0 unspecified atom stereocenters. The maximum atomic E-state index is 11.9. The number of aliphatic carboxylic acids is 1. The molecule has 0 bridgehead atoms. The number of aromatic amines is 1. The van der Waals surface area contributed by atoms with Crippen LogP contribution in [0.1, 0.15) is 43.8 Å². The summed E-state index contributed by atoms with van der Waals surface area (Å²) in [7, 11) is 0. The Hall–Kier alpha value is -1.85. The molecule has 1 amide bonds. The number of H-pyrrole nitrogens is 1. The molecule has 0 radical (unpaired) electrons. The number of rotatable bonds is 5. The highest BCUT2D eigenvalue weighted by atomic mass is 16.4. The van der Waals surface area contributed by atoms with Crippen LogP contribution in [-0.4, -0.2) is 44.9 Å². The zero-order valence-corrected chi connectivity index (χ0v) is 10.8. The number of nitrogens with zero attached hydrogens (tertiary/aromatic N) is 2. The van der Waals surface area contributed by atoms with Crippen molar-refractivity contribution in [3.8, 4) is 0 Å². The lowest BCUT2D eigenvalue weighted by Gasteiger charge is -2.31. The second-order valence-corrected chi connectivity index (χ2v) is 4.88. The number of hydrogen-bond acceptors (Lipinski definition) is 3. The van der Waals surface area contributed by atoms with Gasteiger partial charge < -0.3 is 15.0 Å². The van der Waals surface area contributed by atoms with Crippen LogP contribution in [0.5, 0.6) is 0 Å². The van der Waals surface area contributed by atoms with E-state index in [9.17, 15) is 9.59 Å². The fourth-order valence-corrected chi connectivity index (χ4v) is 2.45. The Morgan fingerprint density at radius 1 is 1.37 bits per heavy atom. The summed E-state index contributed by atoms with van der Waals surface area (Å²) in [5.41, 5.74) is 0. The maximum absolute atomic E-state index is 11.9. The third kappa shape index (κ3) is 3.81. The monoisotopic (exact) mass is 265 g/mol. The highest BCUT2D eigenvalue weighted by molar-refractivity contribution is 5.77. The van der Waals surface area contributed by atoms with Crippen LogP contribution in [0.15, 0.2) is 12.4 Å². The molecule has 0 aromatic carbocycles. The summed E-state index contributed by atoms with van der Waals surface area (Å²) >= 11 is 0. The summed E-state index contributed by atoms with van der Waals surface area (Å²) in [6, 6.07) is 0. The zero-order chi connectivity index (χ0) is 13.7. The van der Waals surface area contributed by atoms with Crippen molar-refractivity contribution in [2.45, 2.75) is 38.0 Å². The molecule has 19 heavy (non-hydrogen) atoms. The van der Waals surface area contributed by atoms with E-state index in [1.54, 1.807) is 6.20 Å². The number of carbonyl (C=O) groups is 2. The Morgan fingerprint density at radius 2 is 2.11 bits per heavy atom. The molecule has 0 spiro atoms. The Bertz CT molecular complexity index is 422. The van der Waals surface area contributed by atoms with Gasteiger partial charge in [0, 0.05) is 44.2 Å². The second-order valence-electron chi connectivity index (χ2n) is 4.88. The minimum Gasteiger partial charge on any atom is -0.481 e. The quantitative estimate of drug-likeness (QED) is 0.842. The van der Waals surface area contributed by atoms with Crippen molar-refractivity contribution in [1.82, 2.24) is 14.9 Å². The van der Waals surface area contributed by atoms with Crippen molar-refractivity contribution >= 4 is 11.9 Å². The van der Waals surface area contributed by atoms with Crippen molar-refractivity contribution in [2.24, 2.45) is 0 Å². The number of nitrogens with one attached hydrogen (secondary N) is 1. The van der Waals surface area contributed by atoms with Gasteiger partial charge in [-0.25, -0.2) is 4.98 Å². The number of carboxylic acid groups (broad SMARTS) is 1. The zero-order valence-electron chi connectivity index (χ0n) is 10.8. The molecule has 1 aliphatic rings. The van der Waals surface area contributed by atoms with Crippen molar-refractivity contribution in [1.29, 1.82) is 0 Å². The van der Waals surface area contributed by atoms with Gasteiger partial charge in [-0.05, 0) is 19.3 Å². The molecule has 1 fully saturated rings. The summed E-state index contributed by atoms with van der Waals surface area (Å²) < 4.78 is 0. The Balaban J connectivity index is 1.73. The number of imidazole rings is 1. The lowest BCUT2D eigenvalue weighted by molar-refractivity contribution is -0.137. The van der Waals surface area contributed by atoms with E-state index in [0.717, 1.165) is 31.8 Å². The second kappa shape index (κ2) is 6.36. The standard InChI is InChI=1S/C13H19N3O3/c17-11(2-1-3-12(18)19)16-8-4-10(5-9-16)13-14-6-7-15-13/h6-7,10H,1-5,8-9H2,(H,14,15)(H,18,19). The molecule has 1 aliphatic heterocycles. The summed E-state index contributed by atoms with van der Waals surface area (Å²) in [6.07, 6.45) is 6.21. The predicted molar refractivity (Wildman–Crippen MR) is 68.6 cm³/mol. The van der Waals surface area contributed by atoms with Crippen LogP contribution < -0.4 is 0 Å².